The average Bonchev–Trinajstić information content (AvgIpc) is 3.19. The fourth-order valence-corrected chi connectivity index (χ4v) is 3.58. The smallest absolute Gasteiger partial charge is 0.310 e. The number of amides is 1. The van der Waals surface area contributed by atoms with Gasteiger partial charge in [-0.1, -0.05) is 6.07 Å². The van der Waals surface area contributed by atoms with Gasteiger partial charge in [-0.2, -0.15) is 0 Å². The zero-order valence-corrected chi connectivity index (χ0v) is 16.3. The van der Waals surface area contributed by atoms with Crippen molar-refractivity contribution in [2.45, 2.75) is 26.2 Å². The molecule has 1 aromatic heterocycles. The lowest BCUT2D eigenvalue weighted by molar-refractivity contribution is -0.149. The van der Waals surface area contributed by atoms with Crippen molar-refractivity contribution in [1.82, 2.24) is 15.5 Å². The summed E-state index contributed by atoms with van der Waals surface area (Å²) in [5.74, 6) is 0.553. The van der Waals surface area contributed by atoms with Crippen LogP contribution in [-0.4, -0.2) is 62.6 Å². The van der Waals surface area contributed by atoms with Crippen molar-refractivity contribution >= 4 is 29.2 Å². The van der Waals surface area contributed by atoms with Crippen LogP contribution in [0.4, 0.5) is 0 Å². The van der Waals surface area contributed by atoms with Gasteiger partial charge < -0.3 is 20.3 Å². The second-order valence-electron chi connectivity index (χ2n) is 6.10. The number of nitrogens with one attached hydrogen (secondary N) is 2. The van der Waals surface area contributed by atoms with Crippen LogP contribution in [0, 0.1) is 5.92 Å². The van der Waals surface area contributed by atoms with E-state index in [1.165, 1.54) is 11.3 Å². The summed E-state index contributed by atoms with van der Waals surface area (Å²) in [6.45, 7) is 5.07. The van der Waals surface area contributed by atoms with Gasteiger partial charge >= 0.3 is 5.97 Å². The van der Waals surface area contributed by atoms with Gasteiger partial charge in [0.2, 0.25) is 0 Å². The summed E-state index contributed by atoms with van der Waals surface area (Å²) in [4.78, 5) is 31.0. The van der Waals surface area contributed by atoms with E-state index in [1.54, 1.807) is 7.05 Å². The summed E-state index contributed by atoms with van der Waals surface area (Å²) < 4.78 is 5.14. The van der Waals surface area contributed by atoms with Crippen molar-refractivity contribution in [2.24, 2.45) is 10.9 Å². The minimum atomic E-state index is -0.121. The topological polar surface area (TPSA) is 83.0 Å². The van der Waals surface area contributed by atoms with Crippen LogP contribution >= 0.6 is 11.3 Å². The monoisotopic (exact) mass is 380 g/mol. The van der Waals surface area contributed by atoms with Crippen LogP contribution in [-0.2, 0) is 9.53 Å². The SMILES string of the molecule is CCOC(=O)C1CCCN(C(=NC)NCCCNC(=O)c2cccs2)C1. The Morgan fingerprint density at radius 1 is 1.38 bits per heavy atom. The second-order valence-corrected chi connectivity index (χ2v) is 7.05. The van der Waals surface area contributed by atoms with E-state index >= 15 is 0 Å². The van der Waals surface area contributed by atoms with Crippen LogP contribution in [0.3, 0.4) is 0 Å². The van der Waals surface area contributed by atoms with E-state index in [2.05, 4.69) is 20.5 Å². The second kappa shape index (κ2) is 10.8. The molecule has 0 spiro atoms. The molecule has 0 aliphatic carbocycles. The van der Waals surface area contributed by atoms with Crippen molar-refractivity contribution in [3.63, 3.8) is 0 Å². The maximum atomic E-state index is 12.0. The molecule has 0 radical (unpaired) electrons. The van der Waals surface area contributed by atoms with Gasteiger partial charge in [-0.3, -0.25) is 14.6 Å². The van der Waals surface area contributed by atoms with Gasteiger partial charge in [0.1, 0.15) is 0 Å². The molecule has 1 amide bonds. The number of guanidine groups is 1. The molecule has 1 atom stereocenters. The fraction of sp³-hybridized carbons (Fsp3) is 0.611. The largest absolute Gasteiger partial charge is 0.466 e. The lowest BCUT2D eigenvalue weighted by Crippen LogP contribution is -2.48. The Labute approximate surface area is 158 Å². The number of nitrogens with zero attached hydrogens (tertiary/aromatic N) is 2. The molecule has 26 heavy (non-hydrogen) atoms. The number of esters is 1. The molecule has 144 valence electrons. The highest BCUT2D eigenvalue weighted by molar-refractivity contribution is 7.12. The van der Waals surface area contributed by atoms with Gasteiger partial charge in [-0.05, 0) is 37.6 Å². The van der Waals surface area contributed by atoms with Crippen LogP contribution in [0.2, 0.25) is 0 Å². The van der Waals surface area contributed by atoms with Gasteiger partial charge in [0, 0.05) is 33.2 Å². The summed E-state index contributed by atoms with van der Waals surface area (Å²) in [7, 11) is 1.74. The first-order valence-corrected chi connectivity index (χ1v) is 9.97. The number of hydrogen-bond donors (Lipinski definition) is 2. The van der Waals surface area contributed by atoms with Crippen LogP contribution in [0.25, 0.3) is 0 Å². The molecule has 2 rings (SSSR count). The molecule has 1 fully saturated rings. The van der Waals surface area contributed by atoms with Crippen LogP contribution in [0.5, 0.6) is 0 Å². The summed E-state index contributed by atoms with van der Waals surface area (Å²) >= 11 is 1.44. The third-order valence-electron chi connectivity index (χ3n) is 4.22. The molecule has 0 saturated carbocycles. The van der Waals surface area contributed by atoms with Gasteiger partial charge in [0.25, 0.3) is 5.91 Å². The number of carbonyl (C=O) groups excluding carboxylic acids is 2. The lowest BCUT2D eigenvalue weighted by Gasteiger charge is -2.33. The molecule has 0 aromatic carbocycles. The Hall–Kier alpha value is -2.09. The highest BCUT2D eigenvalue weighted by atomic mass is 32.1. The molecule has 8 heteroatoms. The molecule has 2 N–H and O–H groups in total. The maximum absolute atomic E-state index is 12.0. The van der Waals surface area contributed by atoms with Gasteiger partial charge in [-0.15, -0.1) is 11.3 Å². The Morgan fingerprint density at radius 2 is 2.19 bits per heavy atom. The molecule has 1 saturated heterocycles. The molecule has 1 aliphatic heterocycles. The summed E-state index contributed by atoms with van der Waals surface area (Å²) in [5, 5.41) is 8.11. The lowest BCUT2D eigenvalue weighted by atomic mass is 9.98. The summed E-state index contributed by atoms with van der Waals surface area (Å²) in [5.41, 5.74) is 0. The predicted octanol–water partition coefficient (Wildman–Crippen LogP) is 1.72. The van der Waals surface area contributed by atoms with Crippen molar-refractivity contribution in [3.05, 3.63) is 22.4 Å². The minimum absolute atomic E-state index is 0.0299. The molecular weight excluding hydrogens is 352 g/mol. The number of piperidine rings is 1. The van der Waals surface area contributed by atoms with Crippen LogP contribution < -0.4 is 10.6 Å². The zero-order valence-electron chi connectivity index (χ0n) is 15.5. The van der Waals surface area contributed by atoms with Crippen LogP contribution in [0.1, 0.15) is 35.9 Å². The van der Waals surface area contributed by atoms with Crippen molar-refractivity contribution in [3.8, 4) is 0 Å². The van der Waals surface area contributed by atoms with E-state index in [-0.39, 0.29) is 17.8 Å². The minimum Gasteiger partial charge on any atom is -0.466 e. The van der Waals surface area contributed by atoms with Crippen molar-refractivity contribution < 1.29 is 14.3 Å². The molecule has 0 bridgehead atoms. The molecule has 1 unspecified atom stereocenters. The molecule has 2 heterocycles. The molecule has 7 nitrogen and oxygen atoms in total. The Morgan fingerprint density at radius 3 is 2.88 bits per heavy atom. The standard InChI is InChI=1S/C18H28N4O3S/c1-3-25-17(24)14-7-4-11-22(13-14)18(19-2)21-10-6-9-20-16(23)15-8-5-12-26-15/h5,8,12,14H,3-4,6-7,9-11,13H2,1-2H3,(H,19,21)(H,20,23). The first-order chi connectivity index (χ1) is 12.7. The number of likely N-dealkylation sites (tertiary alicyclic amines) is 1. The highest BCUT2D eigenvalue weighted by Gasteiger charge is 2.28. The zero-order chi connectivity index (χ0) is 18.8. The molecular formula is C18H28N4O3S. The van der Waals surface area contributed by atoms with Gasteiger partial charge in [0.15, 0.2) is 5.96 Å². The highest BCUT2D eigenvalue weighted by Crippen LogP contribution is 2.18. The number of ether oxygens (including phenoxy) is 1. The number of carbonyl (C=O) groups is 2. The molecule has 1 aliphatic rings. The number of thiophene rings is 1. The predicted molar refractivity (Wildman–Crippen MR) is 104 cm³/mol. The average molecular weight is 381 g/mol. The van der Waals surface area contributed by atoms with E-state index in [1.807, 2.05) is 24.4 Å². The molecule has 1 aromatic rings. The van der Waals surface area contributed by atoms with Gasteiger partial charge in [-0.25, -0.2) is 0 Å². The maximum Gasteiger partial charge on any atom is 0.310 e. The van der Waals surface area contributed by atoms with E-state index < -0.39 is 0 Å². The van der Waals surface area contributed by atoms with Gasteiger partial charge in [0.05, 0.1) is 17.4 Å². The normalized spacial score (nSPS) is 17.7. The van der Waals surface area contributed by atoms with E-state index in [0.717, 1.165) is 36.6 Å². The third kappa shape index (κ3) is 6.01. The summed E-state index contributed by atoms with van der Waals surface area (Å²) in [6, 6.07) is 3.68. The fourth-order valence-electron chi connectivity index (χ4n) is 2.94. The Kier molecular flexibility index (Phi) is 8.40. The Balaban J connectivity index is 1.70. The van der Waals surface area contributed by atoms with E-state index in [9.17, 15) is 9.59 Å². The van der Waals surface area contributed by atoms with E-state index in [0.29, 0.717) is 26.2 Å². The first-order valence-electron chi connectivity index (χ1n) is 9.09. The van der Waals surface area contributed by atoms with E-state index in [4.69, 9.17) is 4.74 Å². The number of hydrogen-bond acceptors (Lipinski definition) is 5. The summed E-state index contributed by atoms with van der Waals surface area (Å²) in [6.07, 6.45) is 2.60. The first kappa shape index (κ1) is 20.2. The van der Waals surface area contributed by atoms with Crippen LogP contribution in [0.15, 0.2) is 22.5 Å². The van der Waals surface area contributed by atoms with Crippen molar-refractivity contribution in [1.29, 1.82) is 0 Å². The Bertz CT molecular complexity index is 604. The number of aliphatic imine (C=N–C) groups is 1. The van der Waals surface area contributed by atoms with Crippen molar-refractivity contribution in [2.75, 3.05) is 39.8 Å². The quantitative estimate of drug-likeness (QED) is 0.326. The third-order valence-corrected chi connectivity index (χ3v) is 5.09. The number of rotatable bonds is 7.